The number of hydrogen-bond donors (Lipinski definition) is 1. The number of esters is 1. The van der Waals surface area contributed by atoms with Crippen molar-refractivity contribution in [3.8, 4) is 0 Å². The van der Waals surface area contributed by atoms with Gasteiger partial charge in [0, 0.05) is 17.2 Å². The van der Waals surface area contributed by atoms with Crippen LogP contribution in [0.4, 0.5) is 5.69 Å². The minimum atomic E-state index is -0.931. The number of nitrogens with zero attached hydrogens (tertiary/aromatic N) is 1. The van der Waals surface area contributed by atoms with Gasteiger partial charge >= 0.3 is 5.97 Å². The van der Waals surface area contributed by atoms with Crippen LogP contribution in [0, 0.1) is 10.1 Å². The van der Waals surface area contributed by atoms with E-state index < -0.39 is 29.4 Å². The third-order valence-electron chi connectivity index (χ3n) is 3.46. The molecule has 0 spiro atoms. The Kier molecular flexibility index (Phi) is 6.54. The number of non-ortho nitro benzene ring substituents is 1. The van der Waals surface area contributed by atoms with Crippen molar-refractivity contribution in [2.75, 3.05) is 6.61 Å². The molecule has 26 heavy (non-hydrogen) atoms. The van der Waals surface area contributed by atoms with Crippen LogP contribution in [0.3, 0.4) is 0 Å². The normalized spacial score (nSPS) is 11.5. The van der Waals surface area contributed by atoms with Crippen molar-refractivity contribution >= 4 is 40.8 Å². The van der Waals surface area contributed by atoms with Crippen LogP contribution in [0.1, 0.15) is 28.9 Å². The predicted molar refractivity (Wildman–Crippen MR) is 96.4 cm³/mol. The third kappa shape index (κ3) is 4.93. The second-order valence-corrected chi connectivity index (χ2v) is 6.12. The Morgan fingerprint density at radius 2 is 1.88 bits per heavy atom. The molecule has 0 bridgehead atoms. The molecule has 0 aliphatic rings. The Balaban J connectivity index is 1.97. The highest BCUT2D eigenvalue weighted by molar-refractivity contribution is 6.33. The molecule has 1 amide bonds. The largest absolute Gasteiger partial charge is 0.452 e. The number of carbonyl (C=O) groups is 2. The van der Waals surface area contributed by atoms with Crippen LogP contribution < -0.4 is 5.32 Å². The molecule has 1 N–H and O–H groups in total. The van der Waals surface area contributed by atoms with E-state index in [0.29, 0.717) is 5.02 Å². The molecule has 0 saturated carbocycles. The molecule has 2 aromatic carbocycles. The summed E-state index contributed by atoms with van der Waals surface area (Å²) < 4.78 is 4.88. The highest BCUT2D eigenvalue weighted by Crippen LogP contribution is 2.23. The molecule has 7 nitrogen and oxygen atoms in total. The summed E-state index contributed by atoms with van der Waals surface area (Å²) in [6.07, 6.45) is 0. The summed E-state index contributed by atoms with van der Waals surface area (Å²) >= 11 is 11.9. The van der Waals surface area contributed by atoms with Crippen LogP contribution >= 0.6 is 23.2 Å². The number of carbonyl (C=O) groups excluding carboxylic acids is 2. The van der Waals surface area contributed by atoms with E-state index in [1.165, 1.54) is 6.07 Å². The van der Waals surface area contributed by atoms with Crippen molar-refractivity contribution in [1.82, 2.24) is 5.32 Å². The summed E-state index contributed by atoms with van der Waals surface area (Å²) in [5.74, 6) is -1.48. The van der Waals surface area contributed by atoms with E-state index in [2.05, 4.69) is 5.32 Å². The van der Waals surface area contributed by atoms with E-state index in [9.17, 15) is 19.7 Å². The summed E-state index contributed by atoms with van der Waals surface area (Å²) in [6.45, 7) is 1.17. The van der Waals surface area contributed by atoms with Gasteiger partial charge in [-0.1, -0.05) is 41.4 Å². The van der Waals surface area contributed by atoms with Gasteiger partial charge in [-0.2, -0.15) is 0 Å². The van der Waals surface area contributed by atoms with Crippen molar-refractivity contribution in [2.45, 2.75) is 13.0 Å². The van der Waals surface area contributed by atoms with Crippen LogP contribution in [0.2, 0.25) is 10.0 Å². The summed E-state index contributed by atoms with van der Waals surface area (Å²) in [5.41, 5.74) is 0.224. The lowest BCUT2D eigenvalue weighted by atomic mass is 10.1. The fourth-order valence-electron chi connectivity index (χ4n) is 2.18. The van der Waals surface area contributed by atoms with Gasteiger partial charge in [0.15, 0.2) is 6.61 Å². The number of rotatable bonds is 6. The van der Waals surface area contributed by atoms with Gasteiger partial charge in [-0.15, -0.1) is 0 Å². The van der Waals surface area contributed by atoms with Gasteiger partial charge in [0.25, 0.3) is 11.6 Å². The van der Waals surface area contributed by atoms with E-state index in [4.69, 9.17) is 27.9 Å². The number of nitro groups is 1. The number of amides is 1. The van der Waals surface area contributed by atoms with E-state index in [-0.39, 0.29) is 16.3 Å². The summed E-state index contributed by atoms with van der Waals surface area (Å²) in [6, 6.07) is 10.0. The Bertz CT molecular complexity index is 857. The molecule has 0 aliphatic carbocycles. The average Bonchev–Trinajstić information content (AvgIpc) is 2.60. The third-order valence-corrected chi connectivity index (χ3v) is 4.14. The van der Waals surface area contributed by atoms with Gasteiger partial charge in [0.2, 0.25) is 0 Å². The highest BCUT2D eigenvalue weighted by Gasteiger charge is 2.19. The Morgan fingerprint density at radius 1 is 1.19 bits per heavy atom. The molecule has 0 aromatic heterocycles. The molecule has 0 saturated heterocycles. The summed E-state index contributed by atoms with van der Waals surface area (Å²) in [5, 5.41) is 13.9. The van der Waals surface area contributed by atoms with Crippen LogP contribution in [-0.2, 0) is 9.53 Å². The average molecular weight is 397 g/mol. The molecule has 0 heterocycles. The first-order valence-electron chi connectivity index (χ1n) is 7.44. The maximum absolute atomic E-state index is 12.0. The molecular weight excluding hydrogens is 383 g/mol. The van der Waals surface area contributed by atoms with Gasteiger partial charge in [-0.3, -0.25) is 14.9 Å². The van der Waals surface area contributed by atoms with Crippen LogP contribution in [0.15, 0.2) is 42.5 Å². The van der Waals surface area contributed by atoms with Crippen LogP contribution in [-0.4, -0.2) is 23.4 Å². The van der Waals surface area contributed by atoms with E-state index >= 15 is 0 Å². The molecule has 9 heteroatoms. The summed E-state index contributed by atoms with van der Waals surface area (Å²) in [4.78, 5) is 34.1. The lowest BCUT2D eigenvalue weighted by molar-refractivity contribution is -0.384. The zero-order valence-electron chi connectivity index (χ0n) is 13.6. The Hall–Kier alpha value is -2.64. The fourth-order valence-corrected chi connectivity index (χ4v) is 2.67. The molecule has 1 atom stereocenters. The zero-order chi connectivity index (χ0) is 19.3. The standard InChI is InChI=1S/C17H14Cl2N2O5/c1-10(12-4-2-3-5-14(12)18)20-16(22)9-26-17(23)13-8-11(21(24)25)6-7-15(13)19/h2-8,10H,9H2,1H3,(H,20,22)/t10-/m1/s1. The van der Waals surface area contributed by atoms with Gasteiger partial charge in [0.05, 0.1) is 21.6 Å². The van der Waals surface area contributed by atoms with Crippen LogP contribution in [0.5, 0.6) is 0 Å². The van der Waals surface area contributed by atoms with Gasteiger partial charge in [0.1, 0.15) is 0 Å². The second-order valence-electron chi connectivity index (χ2n) is 5.31. The monoisotopic (exact) mass is 396 g/mol. The molecule has 2 aromatic rings. The first kappa shape index (κ1) is 19.7. The smallest absolute Gasteiger partial charge is 0.340 e. The number of benzene rings is 2. The van der Waals surface area contributed by atoms with Gasteiger partial charge in [-0.25, -0.2) is 4.79 Å². The minimum Gasteiger partial charge on any atom is -0.452 e. The minimum absolute atomic E-state index is 0.00885. The maximum atomic E-state index is 12.0. The molecule has 0 aliphatic heterocycles. The number of halogens is 2. The second kappa shape index (κ2) is 8.64. The molecular formula is C17H14Cl2N2O5. The fraction of sp³-hybridized carbons (Fsp3) is 0.176. The molecule has 136 valence electrons. The van der Waals surface area contributed by atoms with Gasteiger partial charge < -0.3 is 10.1 Å². The number of nitro benzene ring substituents is 1. The molecule has 0 unspecified atom stereocenters. The SMILES string of the molecule is C[C@@H](NC(=O)COC(=O)c1cc([N+](=O)[O-])ccc1Cl)c1ccccc1Cl. The van der Waals surface area contributed by atoms with Crippen molar-refractivity contribution in [3.63, 3.8) is 0 Å². The highest BCUT2D eigenvalue weighted by atomic mass is 35.5. The number of ether oxygens (including phenoxy) is 1. The molecule has 2 rings (SSSR count). The molecule has 0 radical (unpaired) electrons. The van der Waals surface area contributed by atoms with Gasteiger partial charge in [-0.05, 0) is 24.6 Å². The van der Waals surface area contributed by atoms with Crippen molar-refractivity contribution in [1.29, 1.82) is 0 Å². The van der Waals surface area contributed by atoms with Crippen molar-refractivity contribution in [3.05, 3.63) is 73.8 Å². The molecule has 0 fully saturated rings. The number of nitrogens with one attached hydrogen (secondary N) is 1. The van der Waals surface area contributed by atoms with E-state index in [1.807, 2.05) is 0 Å². The first-order chi connectivity index (χ1) is 12.3. The summed E-state index contributed by atoms with van der Waals surface area (Å²) in [7, 11) is 0. The quantitative estimate of drug-likeness (QED) is 0.452. The number of hydrogen-bond acceptors (Lipinski definition) is 5. The Labute approximate surface area is 159 Å². The van der Waals surface area contributed by atoms with E-state index in [1.54, 1.807) is 31.2 Å². The van der Waals surface area contributed by atoms with Crippen molar-refractivity contribution in [2.24, 2.45) is 0 Å². The Morgan fingerprint density at radius 3 is 2.54 bits per heavy atom. The lowest BCUT2D eigenvalue weighted by Gasteiger charge is -2.15. The van der Waals surface area contributed by atoms with Crippen molar-refractivity contribution < 1.29 is 19.2 Å². The zero-order valence-corrected chi connectivity index (χ0v) is 15.1. The topological polar surface area (TPSA) is 98.5 Å². The van der Waals surface area contributed by atoms with E-state index in [0.717, 1.165) is 17.7 Å². The first-order valence-corrected chi connectivity index (χ1v) is 8.20. The maximum Gasteiger partial charge on any atom is 0.340 e. The lowest BCUT2D eigenvalue weighted by Crippen LogP contribution is -2.31. The predicted octanol–water partition coefficient (Wildman–Crippen LogP) is 3.94. The van der Waals surface area contributed by atoms with Crippen LogP contribution in [0.25, 0.3) is 0 Å².